The number of alkyl halides is 1. The first-order valence-corrected chi connectivity index (χ1v) is 13.2. The summed E-state index contributed by atoms with van der Waals surface area (Å²) in [5, 5.41) is 12.6. The molecule has 0 aromatic carbocycles. The fourth-order valence-electron chi connectivity index (χ4n) is 3.19. The summed E-state index contributed by atoms with van der Waals surface area (Å²) >= 11 is 0. The van der Waals surface area contributed by atoms with E-state index in [0.717, 1.165) is 11.8 Å². The summed E-state index contributed by atoms with van der Waals surface area (Å²) in [5.41, 5.74) is -4.29. The average Bonchev–Trinajstić information content (AvgIpc) is 3.00. The Morgan fingerprint density at radius 1 is 1.08 bits per heavy atom. The Morgan fingerprint density at radius 2 is 1.58 bits per heavy atom. The Labute approximate surface area is 220 Å². The molecule has 0 aliphatic carbocycles. The zero-order chi connectivity index (χ0) is 29.1. The zero-order valence-electron chi connectivity index (χ0n) is 22.5. The van der Waals surface area contributed by atoms with E-state index in [0.29, 0.717) is 0 Å². The van der Waals surface area contributed by atoms with Crippen LogP contribution in [0.2, 0.25) is 0 Å². The second-order valence-electron chi connectivity index (χ2n) is 11.0. The predicted octanol–water partition coefficient (Wildman–Crippen LogP) is 1.99. The molecule has 2 heterocycles. The average molecular weight is 571 g/mol. The number of imide groups is 1. The molecule has 2 fully saturated rings. The molecular weight excluding hydrogens is 534 g/mol. The van der Waals surface area contributed by atoms with E-state index in [1.165, 1.54) is 0 Å². The van der Waals surface area contributed by atoms with Gasteiger partial charge < -0.3 is 19.3 Å². The van der Waals surface area contributed by atoms with E-state index in [9.17, 15) is 28.8 Å². The minimum atomic E-state index is -4.63. The maximum absolute atomic E-state index is 15.4. The molecule has 0 bridgehead atoms. The molecule has 2 rings (SSSR count). The third kappa shape index (κ3) is 8.17. The van der Waals surface area contributed by atoms with Crippen LogP contribution in [0.5, 0.6) is 0 Å². The van der Waals surface area contributed by atoms with Gasteiger partial charge in [-0.05, 0) is 48.5 Å². The zero-order valence-corrected chi connectivity index (χ0v) is 23.4. The van der Waals surface area contributed by atoms with Gasteiger partial charge in [-0.3, -0.25) is 29.1 Å². The lowest BCUT2D eigenvalue weighted by molar-refractivity contribution is -0.164. The van der Waals surface area contributed by atoms with Gasteiger partial charge in [0.1, 0.15) is 12.2 Å². The molecule has 14 nitrogen and oxygen atoms in total. The molecule has 3 amide bonds. The first-order valence-electron chi connectivity index (χ1n) is 11.8. The third-order valence-electron chi connectivity index (χ3n) is 5.51. The fraction of sp³-hybridized carbons (Fsp3) is 0.818. The molecule has 0 saturated carbocycles. The van der Waals surface area contributed by atoms with Crippen molar-refractivity contribution in [2.24, 2.45) is 10.8 Å². The predicted molar refractivity (Wildman–Crippen MR) is 126 cm³/mol. The second kappa shape index (κ2) is 11.9. The van der Waals surface area contributed by atoms with E-state index in [-0.39, 0.29) is 13.0 Å². The van der Waals surface area contributed by atoms with Crippen molar-refractivity contribution in [3.8, 4) is 0 Å². The third-order valence-corrected chi connectivity index (χ3v) is 6.82. The fourth-order valence-corrected chi connectivity index (χ4v) is 4.11. The van der Waals surface area contributed by atoms with E-state index in [2.05, 4.69) is 0 Å². The van der Waals surface area contributed by atoms with Gasteiger partial charge in [-0.25, -0.2) is 22.8 Å². The van der Waals surface area contributed by atoms with Crippen molar-refractivity contribution in [3.63, 3.8) is 0 Å². The number of phosphoric ester groups is 1. The molecule has 0 aromatic rings. The van der Waals surface area contributed by atoms with Crippen LogP contribution in [0, 0.1) is 10.8 Å². The number of phosphoric acid groups is 1. The first-order chi connectivity index (χ1) is 17.3. The second-order valence-corrected chi connectivity index (χ2v) is 12.7. The summed E-state index contributed by atoms with van der Waals surface area (Å²) < 4.78 is 59.1. The van der Waals surface area contributed by atoms with Crippen molar-refractivity contribution >= 4 is 31.7 Å². The van der Waals surface area contributed by atoms with Crippen molar-refractivity contribution in [2.45, 2.75) is 79.0 Å². The number of nitrogens with zero attached hydrogens (tertiary/aromatic N) is 1. The summed E-state index contributed by atoms with van der Waals surface area (Å²) in [6, 6.07) is -0.900. The number of amides is 3. The van der Waals surface area contributed by atoms with Gasteiger partial charge in [0, 0.05) is 13.0 Å². The van der Waals surface area contributed by atoms with Crippen LogP contribution in [0.1, 0.15) is 54.9 Å². The highest BCUT2D eigenvalue weighted by Crippen LogP contribution is 2.50. The Kier molecular flexibility index (Phi) is 10.1. The van der Waals surface area contributed by atoms with Gasteiger partial charge in [0.25, 0.3) is 0 Å². The molecule has 0 aromatic heterocycles. The number of esters is 2. The van der Waals surface area contributed by atoms with Gasteiger partial charge in [0.05, 0.1) is 17.4 Å². The van der Waals surface area contributed by atoms with Gasteiger partial charge in [0.15, 0.2) is 11.9 Å². The molecule has 4 atom stereocenters. The van der Waals surface area contributed by atoms with Gasteiger partial charge in [-0.15, -0.1) is 0 Å². The molecule has 2 aliphatic heterocycles. The van der Waals surface area contributed by atoms with Crippen LogP contribution in [-0.4, -0.2) is 84.7 Å². The monoisotopic (exact) mass is 570 g/mol. The summed E-state index contributed by atoms with van der Waals surface area (Å²) in [4.78, 5) is 48.5. The van der Waals surface area contributed by atoms with Gasteiger partial charge in [-0.2, -0.15) is 0 Å². The largest absolute Gasteiger partial charge is 0.480 e. The Hall–Kier alpha value is -2.16. The summed E-state index contributed by atoms with van der Waals surface area (Å²) in [7, 11) is -4.63. The molecule has 2 N–H and O–H groups in total. The molecular formula is C22H36FN2O12P. The van der Waals surface area contributed by atoms with Crippen molar-refractivity contribution < 1.29 is 61.0 Å². The van der Waals surface area contributed by atoms with Gasteiger partial charge >= 0.3 is 25.8 Å². The van der Waals surface area contributed by atoms with Crippen LogP contribution in [0.15, 0.2) is 0 Å². The summed E-state index contributed by atoms with van der Waals surface area (Å²) in [6.07, 6.45) is -5.02. The molecule has 38 heavy (non-hydrogen) atoms. The molecule has 16 heteroatoms. The summed E-state index contributed by atoms with van der Waals surface area (Å²) in [5.74, 6) is -1.92. The van der Waals surface area contributed by atoms with Gasteiger partial charge in [0.2, 0.25) is 19.5 Å². The lowest BCUT2D eigenvalue weighted by atomic mass is 9.97. The number of rotatable bonds is 10. The minimum Gasteiger partial charge on any atom is -0.437 e. The smallest absolute Gasteiger partial charge is 0.437 e. The lowest BCUT2D eigenvalue weighted by Gasteiger charge is -2.35. The standard InChI is InChI=1S/C22H36FN2O12P/c1-20(2,3)17(28)32-11-35-38(31,36-12-33-18(29)21(4,5)6)34-10-13-15(27)22(7,23)16(37-13)25-9-8-14(26)24-19(25)30/h13,15-16,27H,8-12H2,1-7H3,(H,24,26,30)/t13-,15+,16-,22?/m1/s1. The molecule has 0 spiro atoms. The topological polar surface area (TPSA) is 176 Å². The SMILES string of the molecule is CC(C)(C)C(=O)OCOP(=O)(OCOC(=O)C(C)(C)C)OC[C@H]1O[C@@H](N2CCC(=O)NC2=O)C(C)(F)[C@H]1O. The van der Waals surface area contributed by atoms with Crippen LogP contribution >= 0.6 is 7.82 Å². The highest BCUT2D eigenvalue weighted by Gasteiger charge is 2.58. The maximum atomic E-state index is 15.4. The number of halogens is 1. The van der Waals surface area contributed by atoms with Crippen LogP contribution in [0.4, 0.5) is 9.18 Å². The Bertz CT molecular complexity index is 925. The number of ether oxygens (including phenoxy) is 3. The molecule has 1 unspecified atom stereocenters. The number of carbonyl (C=O) groups is 4. The molecule has 2 saturated heterocycles. The van der Waals surface area contributed by atoms with Crippen LogP contribution in [0.3, 0.4) is 0 Å². The molecule has 218 valence electrons. The highest BCUT2D eigenvalue weighted by atomic mass is 31.2. The Balaban J connectivity index is 2.08. The van der Waals surface area contributed by atoms with Crippen LogP contribution < -0.4 is 5.32 Å². The normalized spacial score (nSPS) is 26.8. The van der Waals surface area contributed by atoms with E-state index in [1.54, 1.807) is 41.5 Å². The van der Waals surface area contributed by atoms with Crippen LogP contribution in [0.25, 0.3) is 0 Å². The van der Waals surface area contributed by atoms with E-state index >= 15 is 4.39 Å². The van der Waals surface area contributed by atoms with Crippen molar-refractivity contribution in [2.75, 3.05) is 26.7 Å². The maximum Gasteiger partial charge on any atom is 0.480 e. The van der Waals surface area contributed by atoms with E-state index < -0.39 is 86.8 Å². The first kappa shape index (κ1) is 32.1. The number of urea groups is 1. The summed E-state index contributed by atoms with van der Waals surface area (Å²) in [6.45, 7) is 7.83. The van der Waals surface area contributed by atoms with E-state index in [1.807, 2.05) is 5.32 Å². The van der Waals surface area contributed by atoms with Crippen LogP contribution in [-0.2, 0) is 46.7 Å². The minimum absolute atomic E-state index is 0.101. The van der Waals surface area contributed by atoms with Gasteiger partial charge in [-0.1, -0.05) is 0 Å². The number of hydrogen-bond donors (Lipinski definition) is 2. The Morgan fingerprint density at radius 3 is 2.03 bits per heavy atom. The molecule has 0 radical (unpaired) electrons. The highest BCUT2D eigenvalue weighted by molar-refractivity contribution is 7.48. The molecule has 2 aliphatic rings. The number of nitrogens with one attached hydrogen (secondary N) is 1. The number of hydrogen-bond acceptors (Lipinski definition) is 12. The van der Waals surface area contributed by atoms with Crippen molar-refractivity contribution in [1.29, 1.82) is 0 Å². The van der Waals surface area contributed by atoms with Crippen molar-refractivity contribution in [3.05, 3.63) is 0 Å². The number of aliphatic hydroxyl groups excluding tert-OH is 1. The number of aliphatic hydroxyl groups is 1. The quantitative estimate of drug-likeness (QED) is 0.222. The van der Waals surface area contributed by atoms with E-state index in [4.69, 9.17) is 27.8 Å². The number of carbonyl (C=O) groups excluding carboxylic acids is 4. The van der Waals surface area contributed by atoms with Crippen molar-refractivity contribution in [1.82, 2.24) is 10.2 Å². The lowest BCUT2D eigenvalue weighted by Crippen LogP contribution is -2.59.